The molecule has 1 aromatic carbocycles. The third kappa shape index (κ3) is 1.57. The largest absolute Gasteiger partial charge is 0.315 e. The van der Waals surface area contributed by atoms with Gasteiger partial charge in [0, 0.05) is 21.1 Å². The van der Waals surface area contributed by atoms with Gasteiger partial charge in [-0.1, -0.05) is 25.4 Å². The molecule has 1 heterocycles. The lowest BCUT2D eigenvalue weighted by molar-refractivity contribution is 0.0735. The van der Waals surface area contributed by atoms with Crippen LogP contribution in [0.15, 0.2) is 29.2 Å². The average molecular weight is 331 g/mol. The summed E-state index contributed by atoms with van der Waals surface area (Å²) in [6, 6.07) is 7.93. The zero-order valence-electron chi connectivity index (χ0n) is 11.9. The smallest absolute Gasteiger partial charge is 0.0792 e. The van der Waals surface area contributed by atoms with E-state index in [0.29, 0.717) is 16.9 Å². The van der Waals surface area contributed by atoms with E-state index in [1.54, 1.807) is 0 Å². The molecule has 20 heavy (non-hydrogen) atoms. The summed E-state index contributed by atoms with van der Waals surface area (Å²) in [4.78, 5) is 1.13. The predicted octanol–water partition coefficient (Wildman–Crippen LogP) is 5.80. The molecule has 4 heteroatoms. The molecule has 4 rings (SSSR count). The molecule has 1 aromatic rings. The van der Waals surface area contributed by atoms with E-state index < -0.39 is 9.52 Å². The first kappa shape index (κ1) is 13.8. The normalized spacial score (nSPS) is 48.0. The second kappa shape index (κ2) is 4.10. The van der Waals surface area contributed by atoms with Crippen LogP contribution in [-0.4, -0.2) is 11.9 Å². The van der Waals surface area contributed by atoms with Crippen molar-refractivity contribution < 1.29 is 4.18 Å². The van der Waals surface area contributed by atoms with Gasteiger partial charge in [-0.25, -0.2) is 0 Å². The fourth-order valence-corrected chi connectivity index (χ4v) is 8.97. The van der Waals surface area contributed by atoms with Crippen LogP contribution in [0.4, 0.5) is 0 Å². The van der Waals surface area contributed by atoms with E-state index in [0.717, 1.165) is 21.6 Å². The molecule has 4 atom stereocenters. The third-order valence-electron chi connectivity index (χ3n) is 6.24. The minimum absolute atomic E-state index is 0.300. The Morgan fingerprint density at radius 3 is 2.55 bits per heavy atom. The molecule has 1 aliphatic heterocycles. The number of hydrogen-bond donors (Lipinski definition) is 0. The summed E-state index contributed by atoms with van der Waals surface area (Å²) >= 11 is 5.99. The summed E-state index contributed by atoms with van der Waals surface area (Å²) in [5.41, 5.74) is 0.669. The van der Waals surface area contributed by atoms with Crippen molar-refractivity contribution in [2.24, 2.45) is 16.7 Å². The molecular formula is C16H20Cl2OS. The van der Waals surface area contributed by atoms with E-state index in [1.807, 2.05) is 24.3 Å². The van der Waals surface area contributed by atoms with Crippen molar-refractivity contribution in [1.82, 2.24) is 0 Å². The van der Waals surface area contributed by atoms with Gasteiger partial charge < -0.3 is 4.18 Å². The molecule has 1 spiro atoms. The van der Waals surface area contributed by atoms with Gasteiger partial charge in [0.1, 0.15) is 0 Å². The summed E-state index contributed by atoms with van der Waals surface area (Å²) in [6.45, 7) is 4.86. The van der Waals surface area contributed by atoms with Crippen LogP contribution in [-0.2, 0) is 4.18 Å². The molecule has 1 saturated heterocycles. The number of benzene rings is 1. The molecule has 1 unspecified atom stereocenters. The Balaban J connectivity index is 1.73. The standard InChI is InChI=1S/C16H20Cl2OS/c1-15(2)11-7-8-16(15)10-20(18,19-14(16)9-11)13-5-3-12(17)4-6-13/h3-6,11,14H,7-10H2,1-2H3/t11-,14-,16-/m1/s1. The van der Waals surface area contributed by atoms with E-state index in [9.17, 15) is 0 Å². The zero-order chi connectivity index (χ0) is 14.2. The van der Waals surface area contributed by atoms with Gasteiger partial charge in [0.05, 0.1) is 6.10 Å². The van der Waals surface area contributed by atoms with E-state index >= 15 is 0 Å². The summed E-state index contributed by atoms with van der Waals surface area (Å²) in [6.07, 6.45) is 4.19. The molecule has 0 radical (unpaired) electrons. The fraction of sp³-hybridized carbons (Fsp3) is 0.625. The van der Waals surface area contributed by atoms with Crippen LogP contribution in [0, 0.1) is 16.7 Å². The quantitative estimate of drug-likeness (QED) is 0.632. The molecule has 0 amide bonds. The van der Waals surface area contributed by atoms with Crippen molar-refractivity contribution in [2.45, 2.75) is 44.1 Å². The second-order valence-electron chi connectivity index (χ2n) is 7.13. The maximum Gasteiger partial charge on any atom is 0.0792 e. The van der Waals surface area contributed by atoms with Gasteiger partial charge in [-0.2, -0.15) is 0 Å². The van der Waals surface area contributed by atoms with E-state index in [4.69, 9.17) is 26.5 Å². The molecule has 2 aliphatic carbocycles. The van der Waals surface area contributed by atoms with Crippen LogP contribution >= 0.6 is 31.8 Å². The number of hydrogen-bond acceptors (Lipinski definition) is 1. The number of halogens is 2. The number of rotatable bonds is 1. The highest BCUT2D eigenvalue weighted by molar-refractivity contribution is 8.48. The van der Waals surface area contributed by atoms with E-state index in [1.165, 1.54) is 19.3 Å². The molecule has 110 valence electrons. The van der Waals surface area contributed by atoms with Crippen molar-refractivity contribution in [3.63, 3.8) is 0 Å². The van der Waals surface area contributed by atoms with Crippen molar-refractivity contribution in [3.8, 4) is 0 Å². The lowest BCUT2D eigenvalue weighted by Crippen LogP contribution is -2.37. The molecule has 2 bridgehead atoms. The molecular weight excluding hydrogens is 311 g/mol. The van der Waals surface area contributed by atoms with Gasteiger partial charge in [0.15, 0.2) is 0 Å². The second-order valence-corrected chi connectivity index (χ2v) is 11.2. The molecule has 2 saturated carbocycles. The van der Waals surface area contributed by atoms with Crippen LogP contribution in [0.25, 0.3) is 0 Å². The Hall–Kier alpha value is 0.110. The van der Waals surface area contributed by atoms with Crippen LogP contribution in [0.5, 0.6) is 0 Å². The van der Waals surface area contributed by atoms with Crippen LogP contribution in [0.1, 0.15) is 33.1 Å². The Morgan fingerprint density at radius 1 is 1.25 bits per heavy atom. The van der Waals surface area contributed by atoms with Crippen molar-refractivity contribution in [3.05, 3.63) is 29.3 Å². The summed E-state index contributed by atoms with van der Waals surface area (Å²) in [5.74, 6) is 1.83. The van der Waals surface area contributed by atoms with Gasteiger partial charge in [-0.15, -0.1) is 0 Å². The molecule has 3 aliphatic rings. The van der Waals surface area contributed by atoms with Gasteiger partial charge in [0.2, 0.25) is 0 Å². The van der Waals surface area contributed by atoms with E-state index in [-0.39, 0.29) is 0 Å². The van der Waals surface area contributed by atoms with Crippen LogP contribution in [0.2, 0.25) is 5.02 Å². The Bertz CT molecular complexity index is 558. The van der Waals surface area contributed by atoms with Crippen molar-refractivity contribution in [1.29, 1.82) is 0 Å². The monoisotopic (exact) mass is 330 g/mol. The van der Waals surface area contributed by atoms with Crippen molar-refractivity contribution >= 4 is 31.8 Å². The first-order chi connectivity index (χ1) is 9.37. The van der Waals surface area contributed by atoms with Gasteiger partial charge in [0.25, 0.3) is 0 Å². The van der Waals surface area contributed by atoms with Crippen molar-refractivity contribution in [2.75, 3.05) is 5.75 Å². The lowest BCUT2D eigenvalue weighted by atomic mass is 9.70. The topological polar surface area (TPSA) is 9.23 Å². The van der Waals surface area contributed by atoms with E-state index in [2.05, 4.69) is 13.8 Å². The minimum Gasteiger partial charge on any atom is -0.315 e. The molecule has 1 nitrogen and oxygen atoms in total. The summed E-state index contributed by atoms with van der Waals surface area (Å²) in [5, 5.41) is 0.756. The van der Waals surface area contributed by atoms with Gasteiger partial charge in [-0.3, -0.25) is 0 Å². The first-order valence-electron chi connectivity index (χ1n) is 7.32. The highest BCUT2D eigenvalue weighted by atomic mass is 35.7. The Kier molecular flexibility index (Phi) is 2.82. The Morgan fingerprint density at radius 2 is 1.95 bits per heavy atom. The molecule has 0 aromatic heterocycles. The minimum atomic E-state index is -1.66. The van der Waals surface area contributed by atoms with Gasteiger partial charge in [-0.05, 0) is 75.1 Å². The van der Waals surface area contributed by atoms with Crippen LogP contribution in [0.3, 0.4) is 0 Å². The third-order valence-corrected chi connectivity index (χ3v) is 9.97. The number of fused-ring (bicyclic) bond motifs is 1. The maximum absolute atomic E-state index is 6.98. The summed E-state index contributed by atoms with van der Waals surface area (Å²) in [7, 11) is 5.32. The average Bonchev–Trinajstić information content (AvgIpc) is 2.90. The van der Waals surface area contributed by atoms with Gasteiger partial charge >= 0.3 is 0 Å². The molecule has 3 fully saturated rings. The summed E-state index contributed by atoms with van der Waals surface area (Å²) < 4.78 is 6.46. The predicted molar refractivity (Wildman–Crippen MR) is 86.5 cm³/mol. The molecule has 0 N–H and O–H groups in total. The maximum atomic E-state index is 6.98. The fourth-order valence-electron chi connectivity index (χ4n) is 4.80. The Labute approximate surface area is 132 Å². The highest BCUT2D eigenvalue weighted by Crippen LogP contribution is 2.81. The van der Waals surface area contributed by atoms with Crippen LogP contribution < -0.4 is 0 Å². The lowest BCUT2D eigenvalue weighted by Gasteiger charge is -2.37. The SMILES string of the molecule is CC1(C)[C@@H]2CC[C@]13CS(Cl)(c1ccc(Cl)cc1)O[C@@H]3C2. The highest BCUT2D eigenvalue weighted by Gasteiger charge is 2.70. The first-order valence-corrected chi connectivity index (χ1v) is 10.3. The zero-order valence-corrected chi connectivity index (χ0v) is 14.2.